The van der Waals surface area contributed by atoms with Crippen LogP contribution >= 0.6 is 15.9 Å². The number of anilines is 1. The molecule has 3 nitrogen and oxygen atoms in total. The van der Waals surface area contributed by atoms with Crippen LogP contribution in [-0.2, 0) is 11.3 Å². The predicted octanol–water partition coefficient (Wildman–Crippen LogP) is 3.17. The van der Waals surface area contributed by atoms with Crippen molar-refractivity contribution in [2.24, 2.45) is 0 Å². The van der Waals surface area contributed by atoms with E-state index in [0.717, 1.165) is 43.5 Å². The molecule has 4 heteroatoms. The zero-order chi connectivity index (χ0) is 13.7. The summed E-state index contributed by atoms with van der Waals surface area (Å²) in [5.74, 6) is 0. The van der Waals surface area contributed by atoms with Gasteiger partial charge in [-0.15, -0.1) is 0 Å². The van der Waals surface area contributed by atoms with E-state index in [0.29, 0.717) is 6.10 Å². The number of piperidine rings is 1. The zero-order valence-corrected chi connectivity index (χ0v) is 13.4. The van der Waals surface area contributed by atoms with E-state index in [1.54, 1.807) is 0 Å². The minimum Gasteiger partial charge on any atom is -0.381 e. The fourth-order valence-corrected chi connectivity index (χ4v) is 3.00. The number of benzene rings is 1. The van der Waals surface area contributed by atoms with Crippen LogP contribution in [0, 0.1) is 0 Å². The molecule has 0 atom stereocenters. The van der Waals surface area contributed by atoms with Crippen LogP contribution in [0.5, 0.6) is 0 Å². The molecule has 0 aromatic heterocycles. The first kappa shape index (κ1) is 14.8. The standard InChI is InChI=1S/C15H23BrN2O/c1-3-17-11-12-10-13(16)4-5-15(12)18-8-6-14(19-2)7-9-18/h4-5,10,14,17H,3,6-9,11H2,1-2H3. The molecule has 19 heavy (non-hydrogen) atoms. The van der Waals surface area contributed by atoms with E-state index >= 15 is 0 Å². The van der Waals surface area contributed by atoms with E-state index in [2.05, 4.69) is 51.3 Å². The highest BCUT2D eigenvalue weighted by molar-refractivity contribution is 9.10. The maximum Gasteiger partial charge on any atom is 0.0605 e. The molecule has 0 aliphatic carbocycles. The second-order valence-electron chi connectivity index (χ2n) is 4.98. The van der Waals surface area contributed by atoms with Crippen molar-refractivity contribution >= 4 is 21.6 Å². The molecule has 1 N–H and O–H groups in total. The molecule has 1 heterocycles. The largest absolute Gasteiger partial charge is 0.381 e. The van der Waals surface area contributed by atoms with Crippen LogP contribution < -0.4 is 10.2 Å². The summed E-state index contributed by atoms with van der Waals surface area (Å²) in [4.78, 5) is 2.48. The van der Waals surface area contributed by atoms with Gasteiger partial charge >= 0.3 is 0 Å². The van der Waals surface area contributed by atoms with Crippen molar-refractivity contribution in [3.8, 4) is 0 Å². The van der Waals surface area contributed by atoms with Gasteiger partial charge in [0.2, 0.25) is 0 Å². The Bertz CT molecular complexity index is 403. The van der Waals surface area contributed by atoms with Gasteiger partial charge in [0.25, 0.3) is 0 Å². The lowest BCUT2D eigenvalue weighted by atomic mass is 10.0. The molecule has 0 saturated carbocycles. The Labute approximate surface area is 124 Å². The third-order valence-electron chi connectivity index (χ3n) is 3.72. The van der Waals surface area contributed by atoms with E-state index < -0.39 is 0 Å². The maximum absolute atomic E-state index is 5.44. The third kappa shape index (κ3) is 3.94. The molecule has 1 aromatic carbocycles. The fraction of sp³-hybridized carbons (Fsp3) is 0.600. The second kappa shape index (κ2) is 7.27. The molecule has 1 aromatic rings. The average Bonchev–Trinajstić information content (AvgIpc) is 2.45. The van der Waals surface area contributed by atoms with E-state index in [9.17, 15) is 0 Å². The van der Waals surface area contributed by atoms with Gasteiger partial charge in [-0.05, 0) is 43.1 Å². The van der Waals surface area contributed by atoms with E-state index in [1.807, 2.05) is 7.11 Å². The van der Waals surface area contributed by atoms with E-state index in [1.165, 1.54) is 11.3 Å². The smallest absolute Gasteiger partial charge is 0.0605 e. The molecular weight excluding hydrogens is 304 g/mol. The molecule has 0 spiro atoms. The lowest BCUT2D eigenvalue weighted by Gasteiger charge is -2.34. The monoisotopic (exact) mass is 326 g/mol. The molecule has 1 aliphatic rings. The Hall–Kier alpha value is -0.580. The zero-order valence-electron chi connectivity index (χ0n) is 11.8. The van der Waals surface area contributed by atoms with E-state index in [-0.39, 0.29) is 0 Å². The third-order valence-corrected chi connectivity index (χ3v) is 4.22. The van der Waals surface area contributed by atoms with Crippen LogP contribution in [0.15, 0.2) is 22.7 Å². The molecule has 1 saturated heterocycles. The number of rotatable bonds is 5. The summed E-state index contributed by atoms with van der Waals surface area (Å²) in [6.07, 6.45) is 2.67. The second-order valence-corrected chi connectivity index (χ2v) is 5.89. The molecular formula is C15H23BrN2O. The highest BCUT2D eigenvalue weighted by Gasteiger charge is 2.20. The van der Waals surface area contributed by atoms with Gasteiger partial charge in [0, 0.05) is 36.9 Å². The van der Waals surface area contributed by atoms with Gasteiger partial charge in [0.15, 0.2) is 0 Å². The lowest BCUT2D eigenvalue weighted by molar-refractivity contribution is 0.0819. The SMILES string of the molecule is CCNCc1cc(Br)ccc1N1CCC(OC)CC1. The van der Waals surface area contributed by atoms with Gasteiger partial charge in [-0.25, -0.2) is 0 Å². The highest BCUT2D eigenvalue weighted by Crippen LogP contribution is 2.27. The molecule has 0 radical (unpaired) electrons. The Balaban J connectivity index is 2.10. The van der Waals surface area contributed by atoms with E-state index in [4.69, 9.17) is 4.74 Å². The molecule has 0 bridgehead atoms. The number of ether oxygens (including phenoxy) is 1. The number of nitrogens with zero attached hydrogens (tertiary/aromatic N) is 1. The molecule has 0 amide bonds. The molecule has 1 fully saturated rings. The van der Waals surface area contributed by atoms with Crippen LogP contribution in [-0.4, -0.2) is 32.8 Å². The average molecular weight is 327 g/mol. The Morgan fingerprint density at radius 2 is 2.11 bits per heavy atom. The summed E-state index contributed by atoms with van der Waals surface area (Å²) in [6.45, 7) is 6.23. The summed E-state index contributed by atoms with van der Waals surface area (Å²) in [5.41, 5.74) is 2.73. The first-order valence-electron chi connectivity index (χ1n) is 7.01. The van der Waals surface area contributed by atoms with Crippen molar-refractivity contribution in [2.75, 3.05) is 31.6 Å². The summed E-state index contributed by atoms with van der Waals surface area (Å²) in [7, 11) is 1.82. The molecule has 1 aliphatic heterocycles. The summed E-state index contributed by atoms with van der Waals surface area (Å²) < 4.78 is 6.59. The first-order chi connectivity index (χ1) is 9.24. The van der Waals surface area contributed by atoms with Crippen molar-refractivity contribution in [1.82, 2.24) is 5.32 Å². The summed E-state index contributed by atoms with van der Waals surface area (Å²) in [6, 6.07) is 6.58. The van der Waals surface area contributed by atoms with Crippen LogP contribution in [0.25, 0.3) is 0 Å². The minimum absolute atomic E-state index is 0.434. The molecule has 0 unspecified atom stereocenters. The van der Waals surface area contributed by atoms with Gasteiger partial charge in [0.1, 0.15) is 0 Å². The fourth-order valence-electron chi connectivity index (χ4n) is 2.60. The van der Waals surface area contributed by atoms with Crippen molar-refractivity contribution in [1.29, 1.82) is 0 Å². The number of halogens is 1. The van der Waals surface area contributed by atoms with Crippen LogP contribution in [0.4, 0.5) is 5.69 Å². The highest BCUT2D eigenvalue weighted by atomic mass is 79.9. The number of hydrogen-bond donors (Lipinski definition) is 1. The first-order valence-corrected chi connectivity index (χ1v) is 7.80. The Kier molecular flexibility index (Phi) is 5.67. The van der Waals surface area contributed by atoms with Gasteiger partial charge in [-0.1, -0.05) is 22.9 Å². The van der Waals surface area contributed by atoms with Crippen molar-refractivity contribution in [3.05, 3.63) is 28.2 Å². The van der Waals surface area contributed by atoms with Gasteiger partial charge in [0.05, 0.1) is 6.10 Å². The Morgan fingerprint density at radius 3 is 2.74 bits per heavy atom. The van der Waals surface area contributed by atoms with Crippen LogP contribution in [0.1, 0.15) is 25.3 Å². The van der Waals surface area contributed by atoms with Crippen molar-refractivity contribution in [3.63, 3.8) is 0 Å². The lowest BCUT2D eigenvalue weighted by Crippen LogP contribution is -2.37. The maximum atomic E-state index is 5.44. The number of nitrogens with one attached hydrogen (secondary N) is 1. The topological polar surface area (TPSA) is 24.5 Å². The predicted molar refractivity (Wildman–Crippen MR) is 83.8 cm³/mol. The van der Waals surface area contributed by atoms with Gasteiger partial charge in [-0.2, -0.15) is 0 Å². The molecule has 2 rings (SSSR count). The van der Waals surface area contributed by atoms with Gasteiger partial charge < -0.3 is 15.0 Å². The Morgan fingerprint density at radius 1 is 1.37 bits per heavy atom. The normalized spacial score (nSPS) is 16.9. The van der Waals surface area contributed by atoms with Crippen LogP contribution in [0.3, 0.4) is 0 Å². The van der Waals surface area contributed by atoms with Gasteiger partial charge in [-0.3, -0.25) is 0 Å². The molecule has 106 valence electrons. The van der Waals surface area contributed by atoms with Crippen LogP contribution in [0.2, 0.25) is 0 Å². The van der Waals surface area contributed by atoms with Crippen molar-refractivity contribution in [2.45, 2.75) is 32.4 Å². The summed E-state index contributed by atoms with van der Waals surface area (Å²) in [5, 5.41) is 3.42. The number of methoxy groups -OCH3 is 1. The van der Waals surface area contributed by atoms with Crippen molar-refractivity contribution < 1.29 is 4.74 Å². The summed E-state index contributed by atoms with van der Waals surface area (Å²) >= 11 is 3.57. The minimum atomic E-state index is 0.434. The number of hydrogen-bond acceptors (Lipinski definition) is 3. The quantitative estimate of drug-likeness (QED) is 0.899.